The molecule has 5 nitrogen and oxygen atoms in total. The highest BCUT2D eigenvalue weighted by molar-refractivity contribution is 6.34. The lowest BCUT2D eigenvalue weighted by atomic mass is 10.1. The van der Waals surface area contributed by atoms with Crippen LogP contribution < -0.4 is 15.8 Å². The van der Waals surface area contributed by atoms with Crippen LogP contribution in [0.1, 0.15) is 15.9 Å². The van der Waals surface area contributed by atoms with Crippen molar-refractivity contribution in [2.45, 2.75) is 6.92 Å². The third-order valence-corrected chi connectivity index (χ3v) is 3.26. The van der Waals surface area contributed by atoms with E-state index in [4.69, 9.17) is 22.1 Å². The number of nitrogens with one attached hydrogen (secondary N) is 1. The van der Waals surface area contributed by atoms with Crippen molar-refractivity contribution in [3.63, 3.8) is 0 Å². The van der Waals surface area contributed by atoms with Crippen LogP contribution in [0.2, 0.25) is 5.02 Å². The molecule has 110 valence electrons. The number of nitrogens with two attached hydrogens (primary N) is 1. The summed E-state index contributed by atoms with van der Waals surface area (Å²) >= 11 is 6.12. The first kappa shape index (κ1) is 15.0. The number of carboxylic acid groups (broad SMARTS) is 1. The predicted molar refractivity (Wildman–Crippen MR) is 83.8 cm³/mol. The van der Waals surface area contributed by atoms with Gasteiger partial charge in [0.2, 0.25) is 0 Å². The van der Waals surface area contributed by atoms with Crippen molar-refractivity contribution in [1.29, 1.82) is 0 Å². The Bertz CT molecular complexity index is 702. The number of ether oxygens (including phenoxy) is 1. The third kappa shape index (κ3) is 3.20. The number of methoxy groups -OCH3 is 1. The monoisotopic (exact) mass is 306 g/mol. The number of carbonyl (C=O) groups is 1. The van der Waals surface area contributed by atoms with E-state index in [2.05, 4.69) is 5.32 Å². The fourth-order valence-electron chi connectivity index (χ4n) is 1.98. The SMILES string of the molecule is COc1ccc(C)cc1Nc1c(Cl)cc(N)cc1C(=O)O. The van der Waals surface area contributed by atoms with Gasteiger partial charge in [-0.3, -0.25) is 0 Å². The minimum Gasteiger partial charge on any atom is -0.495 e. The number of rotatable bonds is 4. The van der Waals surface area contributed by atoms with E-state index >= 15 is 0 Å². The predicted octanol–water partition coefficient (Wildman–Crippen LogP) is 3.68. The van der Waals surface area contributed by atoms with Crippen molar-refractivity contribution in [1.82, 2.24) is 0 Å². The summed E-state index contributed by atoms with van der Waals surface area (Å²) in [6.07, 6.45) is 0. The molecule has 0 aliphatic heterocycles. The van der Waals surface area contributed by atoms with Crippen LogP contribution in [-0.4, -0.2) is 18.2 Å². The van der Waals surface area contributed by atoms with Crippen LogP contribution in [-0.2, 0) is 0 Å². The lowest BCUT2D eigenvalue weighted by molar-refractivity contribution is 0.0698. The van der Waals surface area contributed by atoms with Gasteiger partial charge in [0.15, 0.2) is 0 Å². The van der Waals surface area contributed by atoms with Gasteiger partial charge in [-0.25, -0.2) is 4.79 Å². The van der Waals surface area contributed by atoms with Crippen molar-refractivity contribution >= 4 is 34.6 Å². The zero-order chi connectivity index (χ0) is 15.6. The average Bonchev–Trinajstić information content (AvgIpc) is 2.41. The zero-order valence-corrected chi connectivity index (χ0v) is 12.4. The molecule has 0 fully saturated rings. The topological polar surface area (TPSA) is 84.6 Å². The number of anilines is 3. The minimum absolute atomic E-state index is 0.00330. The van der Waals surface area contributed by atoms with Crippen molar-refractivity contribution in [3.05, 3.63) is 46.5 Å². The fourth-order valence-corrected chi connectivity index (χ4v) is 2.25. The van der Waals surface area contributed by atoms with E-state index in [1.165, 1.54) is 12.1 Å². The highest BCUT2D eigenvalue weighted by atomic mass is 35.5. The molecule has 6 heteroatoms. The van der Waals surface area contributed by atoms with E-state index in [-0.39, 0.29) is 16.3 Å². The molecule has 2 aromatic rings. The molecule has 21 heavy (non-hydrogen) atoms. The first-order chi connectivity index (χ1) is 9.92. The van der Waals surface area contributed by atoms with Crippen LogP contribution in [0, 0.1) is 6.92 Å². The van der Waals surface area contributed by atoms with E-state index in [1.54, 1.807) is 13.2 Å². The maximum atomic E-state index is 11.4. The van der Waals surface area contributed by atoms with Gasteiger partial charge in [0, 0.05) is 5.69 Å². The number of benzene rings is 2. The van der Waals surface area contributed by atoms with Gasteiger partial charge >= 0.3 is 5.97 Å². The van der Waals surface area contributed by atoms with Crippen molar-refractivity contribution < 1.29 is 14.6 Å². The minimum atomic E-state index is -1.11. The fraction of sp³-hybridized carbons (Fsp3) is 0.133. The second-order valence-electron chi connectivity index (χ2n) is 4.56. The lowest BCUT2D eigenvalue weighted by Gasteiger charge is -2.15. The van der Waals surface area contributed by atoms with E-state index in [0.29, 0.717) is 17.1 Å². The zero-order valence-electron chi connectivity index (χ0n) is 11.6. The molecule has 0 unspecified atom stereocenters. The Morgan fingerprint density at radius 2 is 2.05 bits per heavy atom. The first-order valence-corrected chi connectivity index (χ1v) is 6.54. The number of nitrogen functional groups attached to an aromatic ring is 1. The summed E-state index contributed by atoms with van der Waals surface area (Å²) in [7, 11) is 1.54. The highest BCUT2D eigenvalue weighted by Gasteiger charge is 2.16. The van der Waals surface area contributed by atoms with Crippen LogP contribution in [0.3, 0.4) is 0 Å². The molecule has 0 atom stereocenters. The number of hydrogen-bond acceptors (Lipinski definition) is 4. The van der Waals surface area contributed by atoms with Gasteiger partial charge < -0.3 is 20.9 Å². The molecule has 0 radical (unpaired) electrons. The molecule has 0 amide bonds. The van der Waals surface area contributed by atoms with Crippen molar-refractivity contribution in [3.8, 4) is 5.75 Å². The number of hydrogen-bond donors (Lipinski definition) is 3. The van der Waals surface area contributed by atoms with Crippen molar-refractivity contribution in [2.24, 2.45) is 0 Å². The van der Waals surface area contributed by atoms with Crippen LogP contribution in [0.5, 0.6) is 5.75 Å². The molecular formula is C15H15ClN2O3. The second-order valence-corrected chi connectivity index (χ2v) is 4.97. The summed E-state index contributed by atoms with van der Waals surface area (Å²) < 4.78 is 5.26. The summed E-state index contributed by atoms with van der Waals surface area (Å²) in [6, 6.07) is 8.39. The molecule has 0 spiro atoms. The normalized spacial score (nSPS) is 10.2. The summed E-state index contributed by atoms with van der Waals surface area (Å²) in [4.78, 5) is 11.4. The Morgan fingerprint density at radius 1 is 1.33 bits per heavy atom. The number of aromatic carboxylic acids is 1. The maximum absolute atomic E-state index is 11.4. The molecule has 0 bridgehead atoms. The Hall–Kier alpha value is -2.40. The van der Waals surface area contributed by atoms with E-state index in [9.17, 15) is 9.90 Å². The van der Waals surface area contributed by atoms with Gasteiger partial charge in [-0.15, -0.1) is 0 Å². The molecule has 2 aromatic carbocycles. The van der Waals surface area contributed by atoms with Crippen LogP contribution >= 0.6 is 11.6 Å². The number of aryl methyl sites for hydroxylation is 1. The van der Waals surface area contributed by atoms with Gasteiger partial charge in [-0.1, -0.05) is 17.7 Å². The summed E-state index contributed by atoms with van der Waals surface area (Å²) in [6.45, 7) is 1.92. The molecule has 0 heterocycles. The Labute approximate surface area is 127 Å². The molecule has 0 aromatic heterocycles. The van der Waals surface area contributed by atoms with Gasteiger partial charge in [-0.2, -0.15) is 0 Å². The summed E-state index contributed by atoms with van der Waals surface area (Å²) in [5.41, 5.74) is 7.85. The van der Waals surface area contributed by atoms with Crippen molar-refractivity contribution in [2.75, 3.05) is 18.2 Å². The smallest absolute Gasteiger partial charge is 0.337 e. The standard InChI is InChI=1S/C15H15ClN2O3/c1-8-3-4-13(21-2)12(5-8)18-14-10(15(19)20)6-9(17)7-11(14)16/h3-7,18H,17H2,1-2H3,(H,19,20). The Morgan fingerprint density at radius 3 is 2.67 bits per heavy atom. The van der Waals surface area contributed by atoms with E-state index in [1.807, 2.05) is 19.1 Å². The van der Waals surface area contributed by atoms with E-state index in [0.717, 1.165) is 5.56 Å². The molecule has 0 aliphatic rings. The first-order valence-electron chi connectivity index (χ1n) is 6.16. The molecular weight excluding hydrogens is 292 g/mol. The Balaban J connectivity index is 2.54. The van der Waals surface area contributed by atoms with E-state index < -0.39 is 5.97 Å². The molecule has 0 saturated heterocycles. The molecule has 4 N–H and O–H groups in total. The molecule has 2 rings (SSSR count). The maximum Gasteiger partial charge on any atom is 0.337 e. The molecule has 0 aliphatic carbocycles. The van der Waals surface area contributed by atoms with Crippen LogP contribution in [0.4, 0.5) is 17.1 Å². The quantitative estimate of drug-likeness (QED) is 0.750. The number of halogens is 1. The Kier molecular flexibility index (Phi) is 4.23. The molecule has 0 saturated carbocycles. The largest absolute Gasteiger partial charge is 0.495 e. The third-order valence-electron chi connectivity index (χ3n) is 2.96. The van der Waals surface area contributed by atoms with Gasteiger partial charge in [0.1, 0.15) is 5.75 Å². The second kappa shape index (κ2) is 5.93. The lowest BCUT2D eigenvalue weighted by Crippen LogP contribution is -2.05. The highest BCUT2D eigenvalue weighted by Crippen LogP contribution is 2.35. The van der Waals surface area contributed by atoms with Gasteiger partial charge in [0.25, 0.3) is 0 Å². The summed E-state index contributed by atoms with van der Waals surface area (Å²) in [5, 5.41) is 12.5. The van der Waals surface area contributed by atoms with Crippen LogP contribution in [0.15, 0.2) is 30.3 Å². The summed E-state index contributed by atoms with van der Waals surface area (Å²) in [5.74, 6) is -0.525. The van der Waals surface area contributed by atoms with Crippen LogP contribution in [0.25, 0.3) is 0 Å². The van der Waals surface area contributed by atoms with Gasteiger partial charge in [-0.05, 0) is 36.8 Å². The number of carboxylic acids is 1. The average molecular weight is 307 g/mol. The van der Waals surface area contributed by atoms with Gasteiger partial charge in [0.05, 0.1) is 29.1 Å².